The lowest BCUT2D eigenvalue weighted by Gasteiger charge is -2.21. The molecule has 70 valence electrons. The van der Waals surface area contributed by atoms with Gasteiger partial charge in [0.25, 0.3) is 0 Å². The molecule has 0 amide bonds. The number of hydrogen-bond donors (Lipinski definition) is 2. The molecule has 1 aliphatic rings. The first-order chi connectivity index (χ1) is 5.74. The van der Waals surface area contributed by atoms with Crippen LogP contribution < -0.4 is 0 Å². The van der Waals surface area contributed by atoms with E-state index in [4.69, 9.17) is 5.11 Å². The summed E-state index contributed by atoms with van der Waals surface area (Å²) < 4.78 is 0. The molecule has 0 saturated carbocycles. The summed E-state index contributed by atoms with van der Waals surface area (Å²) >= 11 is 0. The van der Waals surface area contributed by atoms with Gasteiger partial charge in [-0.1, -0.05) is 6.92 Å². The van der Waals surface area contributed by atoms with E-state index in [0.717, 1.165) is 32.1 Å². The standard InChI is InChI=1S/C10H18O2/c1-8-4-5-10(12)9(7-8)3-2-6-11/h8,11-12H,2-7H2,1H3/t8-/m0/s1. The number of rotatable bonds is 3. The van der Waals surface area contributed by atoms with E-state index in [1.54, 1.807) is 0 Å². The lowest BCUT2D eigenvalue weighted by molar-refractivity contribution is 0.280. The van der Waals surface area contributed by atoms with Gasteiger partial charge in [-0.05, 0) is 37.2 Å². The van der Waals surface area contributed by atoms with Crippen molar-refractivity contribution in [2.45, 2.75) is 39.0 Å². The summed E-state index contributed by atoms with van der Waals surface area (Å²) in [7, 11) is 0. The third kappa shape index (κ3) is 2.52. The fourth-order valence-corrected chi connectivity index (χ4v) is 1.74. The molecule has 2 heteroatoms. The predicted molar refractivity (Wildman–Crippen MR) is 49.0 cm³/mol. The van der Waals surface area contributed by atoms with Gasteiger partial charge in [0.2, 0.25) is 0 Å². The summed E-state index contributed by atoms with van der Waals surface area (Å²) in [6, 6.07) is 0. The number of aliphatic hydroxyl groups excluding tert-OH is 2. The van der Waals surface area contributed by atoms with Crippen LogP contribution in [0.5, 0.6) is 0 Å². The Morgan fingerprint density at radius 2 is 2.25 bits per heavy atom. The molecule has 0 bridgehead atoms. The quantitative estimate of drug-likeness (QED) is 0.682. The molecule has 0 heterocycles. The van der Waals surface area contributed by atoms with Gasteiger partial charge in [0, 0.05) is 13.0 Å². The minimum absolute atomic E-state index is 0.227. The third-order valence-corrected chi connectivity index (χ3v) is 2.51. The van der Waals surface area contributed by atoms with E-state index in [1.807, 2.05) is 0 Å². The molecule has 0 radical (unpaired) electrons. The van der Waals surface area contributed by atoms with Crippen LogP contribution in [0.1, 0.15) is 39.0 Å². The maximum absolute atomic E-state index is 9.51. The zero-order chi connectivity index (χ0) is 8.97. The second kappa shape index (κ2) is 4.51. The highest BCUT2D eigenvalue weighted by Crippen LogP contribution is 2.30. The average molecular weight is 170 g/mol. The third-order valence-electron chi connectivity index (χ3n) is 2.51. The molecule has 1 aliphatic carbocycles. The largest absolute Gasteiger partial charge is 0.512 e. The van der Waals surface area contributed by atoms with E-state index >= 15 is 0 Å². The smallest absolute Gasteiger partial charge is 0.0914 e. The summed E-state index contributed by atoms with van der Waals surface area (Å²) in [5, 5.41) is 18.2. The van der Waals surface area contributed by atoms with Crippen molar-refractivity contribution < 1.29 is 10.2 Å². The summed E-state index contributed by atoms with van der Waals surface area (Å²) in [6.45, 7) is 2.44. The molecule has 2 N–H and O–H groups in total. The van der Waals surface area contributed by atoms with Gasteiger partial charge in [-0.25, -0.2) is 0 Å². The monoisotopic (exact) mass is 170 g/mol. The first-order valence-electron chi connectivity index (χ1n) is 4.74. The molecule has 12 heavy (non-hydrogen) atoms. The minimum Gasteiger partial charge on any atom is -0.512 e. The van der Waals surface area contributed by atoms with Gasteiger partial charge in [0.05, 0.1) is 5.76 Å². The van der Waals surface area contributed by atoms with Gasteiger partial charge in [-0.3, -0.25) is 0 Å². The van der Waals surface area contributed by atoms with Gasteiger partial charge in [0.15, 0.2) is 0 Å². The lowest BCUT2D eigenvalue weighted by Crippen LogP contribution is -2.08. The first-order valence-corrected chi connectivity index (χ1v) is 4.74. The fraction of sp³-hybridized carbons (Fsp3) is 0.800. The maximum atomic E-state index is 9.51. The van der Waals surface area contributed by atoms with Crippen LogP contribution in [0.25, 0.3) is 0 Å². The molecule has 0 aliphatic heterocycles. The highest BCUT2D eigenvalue weighted by atomic mass is 16.3. The van der Waals surface area contributed by atoms with E-state index in [9.17, 15) is 5.11 Å². The minimum atomic E-state index is 0.227. The summed E-state index contributed by atoms with van der Waals surface area (Å²) in [6.07, 6.45) is 4.61. The van der Waals surface area contributed by atoms with Crippen LogP contribution in [0.3, 0.4) is 0 Å². The second-order valence-corrected chi connectivity index (χ2v) is 3.73. The van der Waals surface area contributed by atoms with Crippen molar-refractivity contribution in [1.82, 2.24) is 0 Å². The summed E-state index contributed by atoms with van der Waals surface area (Å²) in [5.74, 6) is 1.29. The molecule has 1 atom stereocenters. The van der Waals surface area contributed by atoms with Crippen molar-refractivity contribution >= 4 is 0 Å². The van der Waals surface area contributed by atoms with Crippen LogP contribution in [0.15, 0.2) is 11.3 Å². The van der Waals surface area contributed by atoms with Crippen molar-refractivity contribution in [1.29, 1.82) is 0 Å². The van der Waals surface area contributed by atoms with Crippen LogP contribution in [-0.4, -0.2) is 16.8 Å². The Morgan fingerprint density at radius 3 is 2.92 bits per heavy atom. The zero-order valence-corrected chi connectivity index (χ0v) is 7.71. The summed E-state index contributed by atoms with van der Waals surface area (Å²) in [4.78, 5) is 0. The van der Waals surface area contributed by atoms with Crippen molar-refractivity contribution in [2.24, 2.45) is 5.92 Å². The van der Waals surface area contributed by atoms with Crippen molar-refractivity contribution in [3.05, 3.63) is 11.3 Å². The van der Waals surface area contributed by atoms with Crippen LogP contribution >= 0.6 is 0 Å². The molecule has 0 aromatic carbocycles. The molecule has 0 saturated heterocycles. The average Bonchev–Trinajstić information content (AvgIpc) is 2.07. The van der Waals surface area contributed by atoms with Crippen molar-refractivity contribution in [2.75, 3.05) is 6.61 Å². The molecular formula is C10H18O2. The van der Waals surface area contributed by atoms with Gasteiger partial charge in [-0.2, -0.15) is 0 Å². The van der Waals surface area contributed by atoms with E-state index in [1.165, 1.54) is 5.57 Å². The Kier molecular flexibility index (Phi) is 3.60. The topological polar surface area (TPSA) is 40.5 Å². The van der Waals surface area contributed by atoms with E-state index in [2.05, 4.69) is 6.92 Å². The number of hydrogen-bond acceptors (Lipinski definition) is 2. The molecule has 0 unspecified atom stereocenters. The van der Waals surface area contributed by atoms with Gasteiger partial charge >= 0.3 is 0 Å². The van der Waals surface area contributed by atoms with E-state index in [0.29, 0.717) is 11.7 Å². The maximum Gasteiger partial charge on any atom is 0.0914 e. The normalized spacial score (nSPS) is 24.7. The second-order valence-electron chi connectivity index (χ2n) is 3.73. The number of aliphatic hydroxyl groups is 2. The predicted octanol–water partition coefficient (Wildman–Crippen LogP) is 2.39. The Balaban J connectivity index is 2.46. The first kappa shape index (κ1) is 9.59. The highest BCUT2D eigenvalue weighted by Gasteiger charge is 2.16. The van der Waals surface area contributed by atoms with Crippen LogP contribution in [0.2, 0.25) is 0 Å². The Hall–Kier alpha value is -0.500. The van der Waals surface area contributed by atoms with Gasteiger partial charge in [-0.15, -0.1) is 0 Å². The number of allylic oxidation sites excluding steroid dienone is 2. The van der Waals surface area contributed by atoms with Gasteiger partial charge in [0.1, 0.15) is 0 Å². The van der Waals surface area contributed by atoms with E-state index in [-0.39, 0.29) is 6.61 Å². The molecular weight excluding hydrogens is 152 g/mol. The zero-order valence-electron chi connectivity index (χ0n) is 7.71. The molecule has 2 nitrogen and oxygen atoms in total. The molecule has 0 aromatic heterocycles. The van der Waals surface area contributed by atoms with Crippen LogP contribution in [0, 0.1) is 5.92 Å². The van der Waals surface area contributed by atoms with Crippen molar-refractivity contribution in [3.63, 3.8) is 0 Å². The highest BCUT2D eigenvalue weighted by molar-refractivity contribution is 5.11. The lowest BCUT2D eigenvalue weighted by atomic mass is 9.87. The van der Waals surface area contributed by atoms with Crippen molar-refractivity contribution in [3.8, 4) is 0 Å². The Morgan fingerprint density at radius 1 is 1.50 bits per heavy atom. The van der Waals surface area contributed by atoms with Gasteiger partial charge < -0.3 is 10.2 Å². The molecule has 1 rings (SSSR count). The molecule has 0 aromatic rings. The fourth-order valence-electron chi connectivity index (χ4n) is 1.74. The Bertz CT molecular complexity index is 173. The Labute approximate surface area is 73.9 Å². The van der Waals surface area contributed by atoms with Crippen LogP contribution in [0.4, 0.5) is 0 Å². The molecule has 0 fully saturated rings. The molecule has 0 spiro atoms. The van der Waals surface area contributed by atoms with Crippen LogP contribution in [-0.2, 0) is 0 Å². The SMILES string of the molecule is C[C@H]1CCC(O)=C(CCCO)C1. The summed E-state index contributed by atoms with van der Waals surface area (Å²) in [5.41, 5.74) is 1.17. The van der Waals surface area contributed by atoms with E-state index < -0.39 is 0 Å².